The fraction of sp³-hybridized carbons (Fsp3) is 0.375. The summed E-state index contributed by atoms with van der Waals surface area (Å²) in [6.07, 6.45) is 0. The standard InChI is InChI=1S/C16H20BrFN4O/c1-10(2)15-7-12(23-22-15)9-21-16(19-3)20-8-11-4-5-13(17)14(18)6-11/h4-7,10H,8-9H2,1-3H3,(H2,19,20,21). The summed E-state index contributed by atoms with van der Waals surface area (Å²) in [6, 6.07) is 6.94. The molecule has 7 heteroatoms. The lowest BCUT2D eigenvalue weighted by atomic mass is 10.1. The van der Waals surface area contributed by atoms with Crippen LogP contribution in [0.2, 0.25) is 0 Å². The van der Waals surface area contributed by atoms with Gasteiger partial charge in [0.1, 0.15) is 5.82 Å². The summed E-state index contributed by atoms with van der Waals surface area (Å²) in [4.78, 5) is 4.13. The molecule has 0 aliphatic rings. The maximum atomic E-state index is 13.5. The van der Waals surface area contributed by atoms with Crippen LogP contribution in [0.15, 0.2) is 38.3 Å². The zero-order chi connectivity index (χ0) is 16.8. The number of hydrogen-bond acceptors (Lipinski definition) is 3. The van der Waals surface area contributed by atoms with Crippen molar-refractivity contribution in [3.05, 3.63) is 51.6 Å². The van der Waals surface area contributed by atoms with E-state index >= 15 is 0 Å². The number of nitrogens with zero attached hydrogens (tertiary/aromatic N) is 2. The molecule has 1 aromatic carbocycles. The predicted molar refractivity (Wildman–Crippen MR) is 91.7 cm³/mol. The normalized spacial score (nSPS) is 11.8. The van der Waals surface area contributed by atoms with E-state index in [9.17, 15) is 4.39 Å². The average molecular weight is 383 g/mol. The van der Waals surface area contributed by atoms with Crippen molar-refractivity contribution >= 4 is 21.9 Å². The van der Waals surface area contributed by atoms with Crippen LogP contribution in [0.1, 0.15) is 36.8 Å². The molecule has 2 N–H and O–H groups in total. The number of nitrogens with one attached hydrogen (secondary N) is 2. The number of hydrogen-bond donors (Lipinski definition) is 2. The van der Waals surface area contributed by atoms with Crippen molar-refractivity contribution in [2.75, 3.05) is 7.05 Å². The van der Waals surface area contributed by atoms with Gasteiger partial charge in [0.2, 0.25) is 0 Å². The average Bonchev–Trinajstić information content (AvgIpc) is 3.00. The molecule has 124 valence electrons. The zero-order valence-corrected chi connectivity index (χ0v) is 14.9. The minimum absolute atomic E-state index is 0.282. The number of rotatable bonds is 5. The lowest BCUT2D eigenvalue weighted by molar-refractivity contribution is 0.372. The first-order chi connectivity index (χ1) is 11.0. The third kappa shape index (κ3) is 5.06. The quantitative estimate of drug-likeness (QED) is 0.612. The van der Waals surface area contributed by atoms with E-state index in [2.05, 4.69) is 50.6 Å². The van der Waals surface area contributed by atoms with Crippen LogP contribution in [0.3, 0.4) is 0 Å². The summed E-state index contributed by atoms with van der Waals surface area (Å²) in [5.41, 5.74) is 1.76. The molecule has 23 heavy (non-hydrogen) atoms. The topological polar surface area (TPSA) is 62.5 Å². The van der Waals surface area contributed by atoms with Gasteiger partial charge in [0, 0.05) is 19.7 Å². The van der Waals surface area contributed by atoms with E-state index in [1.807, 2.05) is 12.1 Å². The van der Waals surface area contributed by atoms with Gasteiger partial charge in [-0.1, -0.05) is 25.1 Å². The summed E-state index contributed by atoms with van der Waals surface area (Å²) in [5.74, 6) is 1.40. The van der Waals surface area contributed by atoms with Gasteiger partial charge in [0.25, 0.3) is 0 Å². The van der Waals surface area contributed by atoms with E-state index in [1.165, 1.54) is 6.07 Å². The molecule has 5 nitrogen and oxygen atoms in total. The van der Waals surface area contributed by atoms with Crippen LogP contribution in [0, 0.1) is 5.82 Å². The Labute approximate surface area is 143 Å². The second-order valence-electron chi connectivity index (χ2n) is 5.40. The van der Waals surface area contributed by atoms with Crippen LogP contribution in [0.4, 0.5) is 4.39 Å². The van der Waals surface area contributed by atoms with Crippen LogP contribution >= 0.6 is 15.9 Å². The molecule has 0 unspecified atom stereocenters. The third-order valence-electron chi connectivity index (χ3n) is 3.27. The Morgan fingerprint density at radius 1 is 1.30 bits per heavy atom. The molecule has 0 aliphatic heterocycles. The molecule has 0 fully saturated rings. The van der Waals surface area contributed by atoms with Crippen LogP contribution in [0.5, 0.6) is 0 Å². The molecule has 0 atom stereocenters. The molecular formula is C16H20BrFN4O. The van der Waals surface area contributed by atoms with Gasteiger partial charge in [0.05, 0.1) is 16.7 Å². The van der Waals surface area contributed by atoms with Gasteiger partial charge in [0.15, 0.2) is 11.7 Å². The summed E-state index contributed by atoms with van der Waals surface area (Å²) in [6.45, 7) is 5.07. The Bertz CT molecular complexity index is 684. The van der Waals surface area contributed by atoms with Crippen LogP contribution in [0.25, 0.3) is 0 Å². The maximum absolute atomic E-state index is 13.5. The minimum Gasteiger partial charge on any atom is -0.359 e. The maximum Gasteiger partial charge on any atom is 0.191 e. The van der Waals surface area contributed by atoms with E-state index in [4.69, 9.17) is 4.52 Å². The number of halogens is 2. The summed E-state index contributed by atoms with van der Waals surface area (Å²) < 4.78 is 19.2. The van der Waals surface area contributed by atoms with Crippen molar-refractivity contribution < 1.29 is 8.91 Å². The molecule has 0 saturated heterocycles. The highest BCUT2D eigenvalue weighted by molar-refractivity contribution is 9.10. The van der Waals surface area contributed by atoms with Crippen molar-refractivity contribution in [3.8, 4) is 0 Å². The SMILES string of the molecule is CN=C(NCc1ccc(Br)c(F)c1)NCc1cc(C(C)C)no1. The van der Waals surface area contributed by atoms with Gasteiger partial charge in [-0.05, 0) is 39.5 Å². The monoisotopic (exact) mass is 382 g/mol. The highest BCUT2D eigenvalue weighted by Crippen LogP contribution is 2.16. The second kappa shape index (κ2) is 8.10. The van der Waals surface area contributed by atoms with E-state index in [-0.39, 0.29) is 5.82 Å². The first-order valence-corrected chi connectivity index (χ1v) is 8.13. The third-order valence-corrected chi connectivity index (χ3v) is 3.91. The fourth-order valence-electron chi connectivity index (χ4n) is 1.91. The molecule has 2 aromatic rings. The number of aliphatic imine (C=N–C) groups is 1. The number of aromatic nitrogens is 1. The van der Waals surface area contributed by atoms with Gasteiger partial charge in [-0.15, -0.1) is 0 Å². The predicted octanol–water partition coefficient (Wildman–Crippen LogP) is 3.56. The molecule has 0 aliphatic carbocycles. The smallest absolute Gasteiger partial charge is 0.191 e. The van der Waals surface area contributed by atoms with Crippen molar-refractivity contribution in [2.45, 2.75) is 32.9 Å². The van der Waals surface area contributed by atoms with Crippen molar-refractivity contribution in [1.82, 2.24) is 15.8 Å². The lowest BCUT2D eigenvalue weighted by Gasteiger charge is -2.11. The molecule has 0 spiro atoms. The highest BCUT2D eigenvalue weighted by Gasteiger charge is 2.08. The Morgan fingerprint density at radius 2 is 2.04 bits per heavy atom. The Kier molecular flexibility index (Phi) is 6.15. The molecule has 1 heterocycles. The highest BCUT2D eigenvalue weighted by atomic mass is 79.9. The van der Waals surface area contributed by atoms with Gasteiger partial charge in [-0.2, -0.15) is 0 Å². The first kappa shape index (κ1) is 17.5. The first-order valence-electron chi connectivity index (χ1n) is 7.33. The fourth-order valence-corrected chi connectivity index (χ4v) is 2.16. The number of benzene rings is 1. The lowest BCUT2D eigenvalue weighted by Crippen LogP contribution is -2.36. The minimum atomic E-state index is -0.282. The van der Waals surface area contributed by atoms with Gasteiger partial charge in [-0.25, -0.2) is 4.39 Å². The molecule has 0 radical (unpaired) electrons. The molecule has 2 rings (SSSR count). The largest absolute Gasteiger partial charge is 0.359 e. The van der Waals surface area contributed by atoms with Crippen molar-refractivity contribution in [2.24, 2.45) is 4.99 Å². The molecular weight excluding hydrogens is 363 g/mol. The van der Waals surface area contributed by atoms with Gasteiger partial charge >= 0.3 is 0 Å². The van der Waals surface area contributed by atoms with Gasteiger partial charge in [-0.3, -0.25) is 4.99 Å². The van der Waals surface area contributed by atoms with Crippen LogP contribution in [-0.2, 0) is 13.1 Å². The number of guanidine groups is 1. The Balaban J connectivity index is 1.86. The molecule has 0 saturated carbocycles. The van der Waals surface area contributed by atoms with Crippen LogP contribution < -0.4 is 10.6 Å². The summed E-state index contributed by atoms with van der Waals surface area (Å²) in [7, 11) is 1.68. The summed E-state index contributed by atoms with van der Waals surface area (Å²) >= 11 is 3.14. The summed E-state index contributed by atoms with van der Waals surface area (Å²) in [5, 5.41) is 10.3. The van der Waals surface area contributed by atoms with E-state index in [0.29, 0.717) is 29.4 Å². The van der Waals surface area contributed by atoms with E-state index in [0.717, 1.165) is 17.0 Å². The molecule has 1 aromatic heterocycles. The molecule has 0 amide bonds. The second-order valence-corrected chi connectivity index (χ2v) is 6.25. The molecule has 0 bridgehead atoms. The Morgan fingerprint density at radius 3 is 2.65 bits per heavy atom. The van der Waals surface area contributed by atoms with Crippen LogP contribution in [-0.4, -0.2) is 18.2 Å². The zero-order valence-electron chi connectivity index (χ0n) is 13.4. The van der Waals surface area contributed by atoms with E-state index in [1.54, 1.807) is 13.1 Å². The van der Waals surface area contributed by atoms with Crippen molar-refractivity contribution in [3.63, 3.8) is 0 Å². The van der Waals surface area contributed by atoms with Crippen molar-refractivity contribution in [1.29, 1.82) is 0 Å². The van der Waals surface area contributed by atoms with E-state index < -0.39 is 0 Å². The van der Waals surface area contributed by atoms with Gasteiger partial charge < -0.3 is 15.2 Å². The Hall–Kier alpha value is -1.89.